The van der Waals surface area contributed by atoms with Gasteiger partial charge in [-0.2, -0.15) is 54.0 Å². The minimum Gasteiger partial charge on any atom is -0.467 e. The molecule has 0 spiro atoms. The maximum Gasteiger partial charge on any atom is 0.338 e. The summed E-state index contributed by atoms with van der Waals surface area (Å²) in [5.41, 5.74) is -1.21. The first-order valence-electron chi connectivity index (χ1n) is 24.9. The summed E-state index contributed by atoms with van der Waals surface area (Å²) >= 11 is 0. The normalized spacial score (nSPS) is 37.2. The van der Waals surface area contributed by atoms with Crippen molar-refractivity contribution in [2.45, 2.75) is 216 Å². The third-order valence-corrected chi connectivity index (χ3v) is 18.6. The van der Waals surface area contributed by atoms with E-state index in [1.807, 2.05) is 53.7 Å². The number of aliphatic hydroxyl groups is 2. The van der Waals surface area contributed by atoms with Crippen LogP contribution in [-0.4, -0.2) is 110 Å². The summed E-state index contributed by atoms with van der Waals surface area (Å²) in [6.07, 6.45) is 13.5. The van der Waals surface area contributed by atoms with Crippen molar-refractivity contribution in [3.8, 4) is 0 Å². The number of ketones is 2. The molecule has 0 aromatic heterocycles. The minimum absolute atomic E-state index is 0. The van der Waals surface area contributed by atoms with Crippen molar-refractivity contribution in [3.63, 3.8) is 0 Å². The molecular weight excluding hydrogens is 1040 g/mol. The molecule has 2 N–H and O–H groups in total. The summed E-state index contributed by atoms with van der Waals surface area (Å²) in [4.78, 5) is 68.6. The van der Waals surface area contributed by atoms with Gasteiger partial charge < -0.3 is 38.6 Å². The van der Waals surface area contributed by atoms with Crippen LogP contribution >= 0.6 is 54.0 Å². The van der Waals surface area contributed by atoms with E-state index in [0.29, 0.717) is 75.1 Å². The van der Waals surface area contributed by atoms with Crippen molar-refractivity contribution in [2.24, 2.45) is 57.2 Å². The highest BCUT2D eigenvalue weighted by atomic mass is 32.1. The molecule has 75 heavy (non-hydrogen) atoms. The molecule has 0 aliphatic heterocycles. The van der Waals surface area contributed by atoms with Crippen LogP contribution in [0.1, 0.15) is 181 Å². The monoisotopic (exact) mass is 1140 g/mol. The Hall–Kier alpha value is -2.06. The van der Waals surface area contributed by atoms with E-state index < -0.39 is 34.2 Å². The third kappa shape index (κ3) is 14.1. The topological polar surface area (TPSA) is 198 Å². The average Bonchev–Trinajstić information content (AvgIpc) is 3.73. The van der Waals surface area contributed by atoms with Crippen LogP contribution in [0.2, 0.25) is 0 Å². The zero-order valence-electron chi connectivity index (χ0n) is 45.6. The van der Waals surface area contributed by atoms with E-state index in [2.05, 4.69) is 37.2 Å². The highest BCUT2D eigenvalue weighted by Crippen LogP contribution is 2.70. The molecule has 440 valence electrons. The Kier molecular flexibility index (Phi) is 29.7. The lowest BCUT2D eigenvalue weighted by molar-refractivity contribution is -0.204. The van der Waals surface area contributed by atoms with Gasteiger partial charge in [0.05, 0.1) is 26.4 Å². The molecule has 14 nitrogen and oxygen atoms in total. The molecule has 0 bridgehead atoms. The van der Waals surface area contributed by atoms with Crippen molar-refractivity contribution in [1.29, 1.82) is 0 Å². The summed E-state index contributed by atoms with van der Waals surface area (Å²) in [6.45, 7) is 20.6. The second-order valence-corrected chi connectivity index (χ2v) is 23.9. The Bertz CT molecular complexity index is 1850. The smallest absolute Gasteiger partial charge is 0.338 e. The number of hydrogen-bond acceptors (Lipinski definition) is 14. The predicted octanol–water partition coefficient (Wildman–Crippen LogP) is 10.4. The molecule has 0 amide bonds. The molecule has 6 saturated carbocycles. The van der Waals surface area contributed by atoms with Gasteiger partial charge in [-0.05, 0) is 177 Å². The second kappa shape index (κ2) is 28.9. The van der Waals surface area contributed by atoms with Crippen molar-refractivity contribution in [1.82, 2.24) is 0 Å². The van der Waals surface area contributed by atoms with Gasteiger partial charge in [0.2, 0.25) is 0 Å². The fraction of sp³-hybridized carbons (Fsp3) is 0.825. The first-order valence-corrected chi connectivity index (χ1v) is 24.9. The van der Waals surface area contributed by atoms with Crippen LogP contribution < -0.4 is 0 Å². The van der Waals surface area contributed by atoms with Crippen LogP contribution in [0.25, 0.3) is 0 Å². The lowest BCUT2D eigenvalue weighted by Crippen LogP contribution is -2.62. The lowest BCUT2D eigenvalue weighted by atomic mass is 9.45. The molecular formula is C57H104O14S4. The van der Waals surface area contributed by atoms with E-state index in [9.17, 15) is 39.0 Å². The van der Waals surface area contributed by atoms with Crippen LogP contribution in [-0.2, 0) is 57.2 Å². The molecule has 0 aromatic carbocycles. The third-order valence-electron chi connectivity index (χ3n) is 18.6. The SMILES string of the molecule is C.C.C.CC(C)(C)OC=O.CC(C)(C)OC=O.COC(=O)[C@]1(OC)CCC2C3CCC4=CC(=O)CCC4(C)C3C(O)CC21C.COC(=O)[C@]1(OC)CCC2C3CCC4=CC(=O)CCC4(C)C3C(O)CC21C.S.S.S.S. The number of carbonyl (C=O) groups excluding carboxylic acids is 6. The number of allylic oxidation sites excluding steroid dienone is 2. The Morgan fingerprint density at radius 2 is 0.853 bits per heavy atom. The first-order chi connectivity index (χ1) is 31.6. The molecule has 12 unspecified atom stereocenters. The molecule has 8 aliphatic carbocycles. The minimum atomic E-state index is -0.974. The van der Waals surface area contributed by atoms with Gasteiger partial charge in [0, 0.05) is 37.9 Å². The maximum atomic E-state index is 12.7. The number of hydrogen-bond donors (Lipinski definition) is 2. The molecule has 14 atom stereocenters. The van der Waals surface area contributed by atoms with Crippen LogP contribution in [0.5, 0.6) is 0 Å². The van der Waals surface area contributed by atoms with Crippen molar-refractivity contribution >= 4 is 90.4 Å². The lowest BCUT2D eigenvalue weighted by Gasteiger charge is -2.60. The second-order valence-electron chi connectivity index (χ2n) is 23.9. The standard InChI is InChI=1S/2C22H32O5.2C5H10O2.3CH4.4H2S/c2*1-20-9-7-14(23)11-13(20)5-6-15-16-8-10-22(27-4,19(25)26-3)21(16,2)12-17(24)18(15)20;2*1-5(2,3)7-4-6;;;;;;;/h2*11,15-18,24H,5-10,12H2,1-4H3;2*4H,1-3H3;3*1H4;4*1H2/t2*15?,16?,17?,18?,20?,21?,22-;;;;;;;;;/m11........./s1. The Morgan fingerprint density at radius 3 is 1.09 bits per heavy atom. The average molecular weight is 1140 g/mol. The molecule has 0 radical (unpaired) electrons. The maximum absolute atomic E-state index is 12.7. The van der Waals surface area contributed by atoms with Crippen molar-refractivity contribution < 1.29 is 67.4 Å². The zero-order valence-corrected chi connectivity index (χ0v) is 49.6. The number of fused-ring (bicyclic) bond motifs is 10. The molecule has 6 fully saturated rings. The number of esters is 2. The summed E-state index contributed by atoms with van der Waals surface area (Å²) in [5.74, 6) is 1.44. The fourth-order valence-corrected chi connectivity index (χ4v) is 15.5. The predicted molar refractivity (Wildman–Crippen MR) is 315 cm³/mol. The molecule has 0 saturated heterocycles. The van der Waals surface area contributed by atoms with Gasteiger partial charge in [-0.1, -0.05) is 61.1 Å². The molecule has 0 heterocycles. The number of aliphatic hydroxyl groups excluding tert-OH is 2. The number of methoxy groups -OCH3 is 4. The Balaban J connectivity index is -0.00000103. The molecule has 8 aliphatic rings. The van der Waals surface area contributed by atoms with E-state index >= 15 is 0 Å². The van der Waals surface area contributed by atoms with Crippen LogP contribution in [0.4, 0.5) is 0 Å². The molecule has 0 aromatic rings. The highest BCUT2D eigenvalue weighted by molar-refractivity contribution is 7.59. The summed E-state index contributed by atoms with van der Waals surface area (Å²) < 4.78 is 31.1. The van der Waals surface area contributed by atoms with Crippen LogP contribution in [0.3, 0.4) is 0 Å². The summed E-state index contributed by atoms with van der Waals surface area (Å²) in [7, 11) is 6.02. The molecule has 8 rings (SSSR count). The van der Waals surface area contributed by atoms with Gasteiger partial charge in [0.1, 0.15) is 11.2 Å². The Labute approximate surface area is 480 Å². The zero-order chi connectivity index (χ0) is 51.1. The molecule has 18 heteroatoms. The van der Waals surface area contributed by atoms with E-state index in [0.717, 1.165) is 51.4 Å². The summed E-state index contributed by atoms with van der Waals surface area (Å²) in [6, 6.07) is 0. The fourth-order valence-electron chi connectivity index (χ4n) is 15.5. The van der Waals surface area contributed by atoms with Crippen LogP contribution in [0.15, 0.2) is 23.3 Å². The van der Waals surface area contributed by atoms with Gasteiger partial charge in [0.25, 0.3) is 12.9 Å². The van der Waals surface area contributed by atoms with Crippen LogP contribution in [0, 0.1) is 57.2 Å². The van der Waals surface area contributed by atoms with Gasteiger partial charge in [-0.3, -0.25) is 19.2 Å². The van der Waals surface area contributed by atoms with Gasteiger partial charge in [0.15, 0.2) is 22.8 Å². The largest absolute Gasteiger partial charge is 0.467 e. The van der Waals surface area contributed by atoms with Crippen molar-refractivity contribution in [3.05, 3.63) is 23.3 Å². The van der Waals surface area contributed by atoms with E-state index in [1.54, 1.807) is 14.2 Å². The van der Waals surface area contributed by atoms with E-state index in [1.165, 1.54) is 25.4 Å². The Morgan fingerprint density at radius 1 is 0.547 bits per heavy atom. The number of carbonyl (C=O) groups is 6. The quantitative estimate of drug-likeness (QED) is 0.145. The van der Waals surface area contributed by atoms with E-state index in [4.69, 9.17) is 18.9 Å². The summed E-state index contributed by atoms with van der Waals surface area (Å²) in [5, 5.41) is 22.7. The number of rotatable bonds is 6. The number of ether oxygens (including phenoxy) is 6. The van der Waals surface area contributed by atoms with Gasteiger partial charge in [-0.25, -0.2) is 9.59 Å². The van der Waals surface area contributed by atoms with Crippen molar-refractivity contribution in [2.75, 3.05) is 28.4 Å². The van der Waals surface area contributed by atoms with Gasteiger partial charge in [-0.15, -0.1) is 0 Å². The van der Waals surface area contributed by atoms with E-state index in [-0.39, 0.29) is 134 Å². The first kappa shape index (κ1) is 77.2. The highest BCUT2D eigenvalue weighted by Gasteiger charge is 2.71. The van der Waals surface area contributed by atoms with Gasteiger partial charge >= 0.3 is 11.9 Å².